The molecule has 15 heavy (non-hydrogen) atoms. The fourth-order valence-electron chi connectivity index (χ4n) is 1.17. The third kappa shape index (κ3) is 3.99. The quantitative estimate of drug-likeness (QED) is 0.573. The molecule has 0 aliphatic heterocycles. The van der Waals surface area contributed by atoms with E-state index in [2.05, 4.69) is 5.32 Å². The van der Waals surface area contributed by atoms with Crippen LogP contribution in [0, 0.1) is 0 Å². The normalized spacial score (nSPS) is 9.93. The van der Waals surface area contributed by atoms with Crippen LogP contribution in [-0.4, -0.2) is 24.7 Å². The maximum Gasteiger partial charge on any atom is 0.224 e. The average molecular weight is 209 g/mol. The van der Waals surface area contributed by atoms with Gasteiger partial charge in [-0.1, -0.05) is 12.1 Å². The van der Waals surface area contributed by atoms with Crippen LogP contribution >= 0.6 is 0 Å². The van der Waals surface area contributed by atoms with Crippen molar-refractivity contribution in [2.45, 2.75) is 12.8 Å². The number of ether oxygens (including phenoxy) is 1. The molecule has 82 valence electrons. The molecule has 2 N–H and O–H groups in total. The van der Waals surface area contributed by atoms with E-state index in [1.807, 2.05) is 0 Å². The Balaban J connectivity index is 2.41. The molecule has 0 unspecified atom stereocenters. The van der Waals surface area contributed by atoms with Crippen LogP contribution in [0.4, 0.5) is 5.69 Å². The van der Waals surface area contributed by atoms with Crippen molar-refractivity contribution in [2.24, 2.45) is 0 Å². The molecule has 0 radical (unpaired) electrons. The number of carbonyl (C=O) groups excluding carboxylic acids is 1. The zero-order valence-corrected chi connectivity index (χ0v) is 8.69. The van der Waals surface area contributed by atoms with Crippen molar-refractivity contribution in [2.75, 3.05) is 19.0 Å². The summed E-state index contributed by atoms with van der Waals surface area (Å²) in [4.78, 5) is 11.4. The maximum absolute atomic E-state index is 11.4. The van der Waals surface area contributed by atoms with E-state index in [1.54, 1.807) is 25.3 Å². The van der Waals surface area contributed by atoms with E-state index in [1.165, 1.54) is 6.07 Å². The van der Waals surface area contributed by atoms with Crippen LogP contribution in [0.5, 0.6) is 5.75 Å². The molecule has 0 fully saturated rings. The van der Waals surface area contributed by atoms with Crippen molar-refractivity contribution in [1.29, 1.82) is 0 Å². The van der Waals surface area contributed by atoms with Gasteiger partial charge < -0.3 is 15.2 Å². The number of rotatable bonds is 5. The predicted molar refractivity (Wildman–Crippen MR) is 57.8 cm³/mol. The molecule has 1 rings (SSSR count). The Hall–Kier alpha value is -1.55. The summed E-state index contributed by atoms with van der Waals surface area (Å²) in [5.41, 5.74) is 0.444. The van der Waals surface area contributed by atoms with Gasteiger partial charge in [-0.05, 0) is 18.6 Å². The van der Waals surface area contributed by atoms with Crippen LogP contribution < -0.4 is 5.32 Å². The second-order valence-corrected chi connectivity index (χ2v) is 3.16. The number of phenols is 1. The molecular weight excluding hydrogens is 194 g/mol. The number of methoxy groups -OCH3 is 1. The van der Waals surface area contributed by atoms with E-state index >= 15 is 0 Å². The number of hydrogen-bond acceptors (Lipinski definition) is 3. The molecule has 1 amide bonds. The number of para-hydroxylation sites is 2. The van der Waals surface area contributed by atoms with Crippen molar-refractivity contribution >= 4 is 11.6 Å². The first-order chi connectivity index (χ1) is 7.24. The Labute approximate surface area is 88.9 Å². The minimum atomic E-state index is -0.117. The lowest BCUT2D eigenvalue weighted by Gasteiger charge is -2.06. The van der Waals surface area contributed by atoms with Crippen molar-refractivity contribution in [1.82, 2.24) is 0 Å². The molecule has 4 heteroatoms. The molecule has 0 saturated carbocycles. The summed E-state index contributed by atoms with van der Waals surface area (Å²) >= 11 is 0. The Kier molecular flexibility index (Phi) is 4.63. The van der Waals surface area contributed by atoms with Crippen molar-refractivity contribution in [3.63, 3.8) is 0 Å². The first kappa shape index (κ1) is 11.5. The number of anilines is 1. The van der Waals surface area contributed by atoms with Crippen molar-refractivity contribution < 1.29 is 14.6 Å². The summed E-state index contributed by atoms with van der Waals surface area (Å²) in [6.07, 6.45) is 1.07. The first-order valence-electron chi connectivity index (χ1n) is 4.81. The summed E-state index contributed by atoms with van der Waals surface area (Å²) in [5, 5.41) is 12.0. The van der Waals surface area contributed by atoms with E-state index in [4.69, 9.17) is 4.74 Å². The zero-order chi connectivity index (χ0) is 11.1. The van der Waals surface area contributed by atoms with Gasteiger partial charge in [0.15, 0.2) is 0 Å². The highest BCUT2D eigenvalue weighted by Crippen LogP contribution is 2.21. The average Bonchev–Trinajstić information content (AvgIpc) is 2.22. The van der Waals surface area contributed by atoms with E-state index < -0.39 is 0 Å². The highest BCUT2D eigenvalue weighted by molar-refractivity contribution is 5.92. The molecule has 0 aliphatic rings. The van der Waals surface area contributed by atoms with Crippen molar-refractivity contribution in [3.05, 3.63) is 24.3 Å². The highest BCUT2D eigenvalue weighted by Gasteiger charge is 2.04. The topological polar surface area (TPSA) is 58.6 Å². The largest absolute Gasteiger partial charge is 0.506 e. The van der Waals surface area contributed by atoms with Crippen LogP contribution in [0.15, 0.2) is 24.3 Å². The molecule has 1 aromatic carbocycles. The molecule has 0 heterocycles. The van der Waals surface area contributed by atoms with Gasteiger partial charge in [0.05, 0.1) is 5.69 Å². The van der Waals surface area contributed by atoms with Gasteiger partial charge in [0.25, 0.3) is 0 Å². The van der Waals surface area contributed by atoms with Crippen LogP contribution in [0.1, 0.15) is 12.8 Å². The minimum Gasteiger partial charge on any atom is -0.506 e. The molecule has 4 nitrogen and oxygen atoms in total. The summed E-state index contributed by atoms with van der Waals surface area (Å²) in [5.74, 6) is -0.0360. The Morgan fingerprint density at radius 2 is 2.20 bits per heavy atom. The number of phenolic OH excluding ortho intramolecular Hbond substituents is 1. The van der Waals surface area contributed by atoms with Gasteiger partial charge in [-0.25, -0.2) is 0 Å². The van der Waals surface area contributed by atoms with Crippen LogP contribution in [0.25, 0.3) is 0 Å². The molecule has 0 aromatic heterocycles. The second-order valence-electron chi connectivity index (χ2n) is 3.16. The lowest BCUT2D eigenvalue weighted by Crippen LogP contribution is -2.12. The standard InChI is InChI=1S/C11H15NO3/c1-15-8-4-7-11(14)12-9-5-2-3-6-10(9)13/h2-3,5-6,13H,4,7-8H2,1H3,(H,12,14). The van der Waals surface area contributed by atoms with Gasteiger partial charge in [-0.3, -0.25) is 4.79 Å². The fourth-order valence-corrected chi connectivity index (χ4v) is 1.17. The molecule has 1 aromatic rings. The maximum atomic E-state index is 11.4. The zero-order valence-electron chi connectivity index (χ0n) is 8.69. The number of amides is 1. The summed E-state index contributed by atoms with van der Waals surface area (Å²) in [6.45, 7) is 0.564. The minimum absolute atomic E-state index is 0.0811. The van der Waals surface area contributed by atoms with Gasteiger partial charge in [0.2, 0.25) is 5.91 Å². The lowest BCUT2D eigenvalue weighted by molar-refractivity contribution is -0.116. The van der Waals surface area contributed by atoms with E-state index in [-0.39, 0.29) is 11.7 Å². The summed E-state index contributed by atoms with van der Waals surface area (Å²) in [6, 6.07) is 6.65. The van der Waals surface area contributed by atoms with Gasteiger partial charge in [-0.2, -0.15) is 0 Å². The third-order valence-electron chi connectivity index (χ3n) is 1.93. The monoisotopic (exact) mass is 209 g/mol. The van der Waals surface area contributed by atoms with Gasteiger partial charge in [-0.15, -0.1) is 0 Å². The summed E-state index contributed by atoms with van der Waals surface area (Å²) < 4.78 is 4.84. The number of hydrogen-bond donors (Lipinski definition) is 2. The Morgan fingerprint density at radius 3 is 2.87 bits per heavy atom. The lowest BCUT2D eigenvalue weighted by atomic mass is 10.2. The molecular formula is C11H15NO3. The molecule has 0 saturated heterocycles. The van der Waals surface area contributed by atoms with E-state index in [0.29, 0.717) is 25.1 Å². The van der Waals surface area contributed by atoms with E-state index in [0.717, 1.165) is 0 Å². The number of benzene rings is 1. The molecule has 0 spiro atoms. The second kappa shape index (κ2) is 6.03. The molecule has 0 bridgehead atoms. The fraction of sp³-hybridized carbons (Fsp3) is 0.364. The summed E-state index contributed by atoms with van der Waals surface area (Å²) in [7, 11) is 1.60. The third-order valence-corrected chi connectivity index (χ3v) is 1.93. The van der Waals surface area contributed by atoms with Crippen molar-refractivity contribution in [3.8, 4) is 5.75 Å². The Morgan fingerprint density at radius 1 is 1.47 bits per heavy atom. The van der Waals surface area contributed by atoms with Crippen LogP contribution in [0.2, 0.25) is 0 Å². The van der Waals surface area contributed by atoms with Gasteiger partial charge in [0.1, 0.15) is 5.75 Å². The molecule has 0 aliphatic carbocycles. The number of carbonyl (C=O) groups is 1. The Bertz CT molecular complexity index is 325. The van der Waals surface area contributed by atoms with Gasteiger partial charge in [0, 0.05) is 20.1 Å². The smallest absolute Gasteiger partial charge is 0.224 e. The van der Waals surface area contributed by atoms with Gasteiger partial charge >= 0.3 is 0 Å². The predicted octanol–water partition coefficient (Wildman–Crippen LogP) is 1.76. The van der Waals surface area contributed by atoms with Crippen LogP contribution in [0.3, 0.4) is 0 Å². The van der Waals surface area contributed by atoms with Crippen LogP contribution in [-0.2, 0) is 9.53 Å². The SMILES string of the molecule is COCCCC(=O)Nc1ccccc1O. The van der Waals surface area contributed by atoms with E-state index in [9.17, 15) is 9.90 Å². The first-order valence-corrected chi connectivity index (χ1v) is 4.81. The highest BCUT2D eigenvalue weighted by atomic mass is 16.5. The number of aromatic hydroxyl groups is 1. The number of nitrogens with one attached hydrogen (secondary N) is 1. The molecule has 0 atom stereocenters.